The van der Waals surface area contributed by atoms with Crippen molar-refractivity contribution in [3.63, 3.8) is 0 Å². The molecular formula is C23H20O5. The number of rotatable bonds is 2. The predicted molar refractivity (Wildman–Crippen MR) is 109 cm³/mol. The number of aromatic hydroxyl groups is 1. The molecule has 0 radical (unpaired) electrons. The minimum atomic E-state index is -0.457. The second kappa shape index (κ2) is 7.96. The summed E-state index contributed by atoms with van der Waals surface area (Å²) in [6, 6.07) is 16.4. The molecule has 1 aliphatic heterocycles. The molecule has 2 aromatic carbocycles. The molecule has 4 rings (SSSR count). The zero-order valence-electron chi connectivity index (χ0n) is 15.9. The van der Waals surface area contributed by atoms with Gasteiger partial charge in [-0.1, -0.05) is 32.0 Å². The van der Waals surface area contributed by atoms with Gasteiger partial charge in [-0.25, -0.2) is 4.79 Å². The maximum Gasteiger partial charge on any atom is 0.338 e. The highest BCUT2D eigenvalue weighted by Crippen LogP contribution is 2.41. The molecule has 28 heavy (non-hydrogen) atoms. The minimum Gasteiger partial charge on any atom is -0.508 e. The van der Waals surface area contributed by atoms with Crippen LogP contribution in [0.25, 0.3) is 33.4 Å². The third-order valence-corrected chi connectivity index (χ3v) is 4.28. The minimum absolute atomic E-state index is 0.0473. The summed E-state index contributed by atoms with van der Waals surface area (Å²) in [4.78, 5) is 24.0. The van der Waals surface area contributed by atoms with Crippen molar-refractivity contribution in [2.24, 2.45) is 0 Å². The van der Waals surface area contributed by atoms with Gasteiger partial charge in [-0.3, -0.25) is 4.79 Å². The molecule has 1 aliphatic carbocycles. The molecule has 0 amide bonds. The van der Waals surface area contributed by atoms with E-state index in [1.165, 1.54) is 25.3 Å². The number of hydrogen-bond donors (Lipinski definition) is 1. The topological polar surface area (TPSA) is 76.7 Å². The normalized spacial score (nSPS) is 10.4. The lowest BCUT2D eigenvalue weighted by molar-refractivity contribution is 0.0601. The number of carbonyl (C=O) groups is 1. The molecule has 0 atom stereocenters. The summed E-state index contributed by atoms with van der Waals surface area (Å²) >= 11 is 0. The predicted octanol–water partition coefficient (Wildman–Crippen LogP) is 5.08. The summed E-state index contributed by atoms with van der Waals surface area (Å²) in [6.07, 6.45) is 0. The van der Waals surface area contributed by atoms with Crippen LogP contribution in [0.2, 0.25) is 0 Å². The fourth-order valence-electron chi connectivity index (χ4n) is 3.14. The highest BCUT2D eigenvalue weighted by Gasteiger charge is 2.21. The van der Waals surface area contributed by atoms with Crippen molar-refractivity contribution in [3.05, 3.63) is 76.5 Å². The molecule has 5 nitrogen and oxygen atoms in total. The van der Waals surface area contributed by atoms with E-state index < -0.39 is 5.97 Å². The lowest BCUT2D eigenvalue weighted by atomic mass is 9.91. The van der Waals surface area contributed by atoms with E-state index in [2.05, 4.69) is 0 Å². The number of phenols is 1. The lowest BCUT2D eigenvalue weighted by Crippen LogP contribution is -2.05. The number of esters is 1. The highest BCUT2D eigenvalue weighted by molar-refractivity contribution is 6.07. The van der Waals surface area contributed by atoms with Crippen molar-refractivity contribution in [2.45, 2.75) is 13.8 Å². The van der Waals surface area contributed by atoms with Gasteiger partial charge in [-0.15, -0.1) is 0 Å². The summed E-state index contributed by atoms with van der Waals surface area (Å²) in [5.41, 5.74) is 2.73. The van der Waals surface area contributed by atoms with Crippen LogP contribution in [0, 0.1) is 0 Å². The van der Waals surface area contributed by atoms with Gasteiger partial charge in [0.25, 0.3) is 0 Å². The zero-order valence-corrected chi connectivity index (χ0v) is 15.9. The average Bonchev–Trinajstić information content (AvgIpc) is 2.72. The molecule has 1 heterocycles. The first kappa shape index (κ1) is 19.2. The largest absolute Gasteiger partial charge is 0.508 e. The Hall–Kier alpha value is -3.60. The summed E-state index contributed by atoms with van der Waals surface area (Å²) in [6.45, 7) is 4.00. The van der Waals surface area contributed by atoms with Gasteiger partial charge in [0.1, 0.15) is 17.1 Å². The summed E-state index contributed by atoms with van der Waals surface area (Å²) < 4.78 is 10.7. The number of phenolic OH excluding ortho intramolecular Hbond substituents is 1. The van der Waals surface area contributed by atoms with E-state index in [1.807, 2.05) is 26.0 Å². The van der Waals surface area contributed by atoms with E-state index in [0.29, 0.717) is 33.4 Å². The van der Waals surface area contributed by atoms with Gasteiger partial charge in [0.15, 0.2) is 5.43 Å². The Morgan fingerprint density at radius 1 is 0.964 bits per heavy atom. The molecule has 0 saturated carbocycles. The molecule has 0 saturated heterocycles. The molecule has 2 aliphatic rings. The van der Waals surface area contributed by atoms with Gasteiger partial charge >= 0.3 is 5.97 Å². The van der Waals surface area contributed by atoms with Crippen molar-refractivity contribution in [3.8, 4) is 28.2 Å². The van der Waals surface area contributed by atoms with Crippen molar-refractivity contribution in [2.75, 3.05) is 7.11 Å². The van der Waals surface area contributed by atoms with Crippen LogP contribution in [0.1, 0.15) is 24.2 Å². The maximum atomic E-state index is 12.3. The molecule has 142 valence electrons. The fraction of sp³-hybridized carbons (Fsp3) is 0.130. The van der Waals surface area contributed by atoms with Crippen LogP contribution in [0.5, 0.6) is 5.75 Å². The van der Waals surface area contributed by atoms with Crippen molar-refractivity contribution in [1.29, 1.82) is 0 Å². The van der Waals surface area contributed by atoms with E-state index in [0.717, 1.165) is 5.56 Å². The van der Waals surface area contributed by atoms with Crippen molar-refractivity contribution >= 4 is 16.9 Å². The lowest BCUT2D eigenvalue weighted by Gasteiger charge is -2.17. The van der Waals surface area contributed by atoms with Crippen molar-refractivity contribution in [1.82, 2.24) is 0 Å². The number of hydrogen-bond acceptors (Lipinski definition) is 5. The number of ether oxygens (including phenoxy) is 1. The van der Waals surface area contributed by atoms with Crippen LogP contribution in [-0.4, -0.2) is 18.2 Å². The molecule has 0 bridgehead atoms. The van der Waals surface area contributed by atoms with Gasteiger partial charge in [0.2, 0.25) is 0 Å². The molecule has 5 heteroatoms. The number of benzene rings is 3. The summed E-state index contributed by atoms with van der Waals surface area (Å²) in [7, 11) is 1.33. The smallest absolute Gasteiger partial charge is 0.338 e. The van der Waals surface area contributed by atoms with Crippen LogP contribution in [0.4, 0.5) is 0 Å². The van der Waals surface area contributed by atoms with Crippen LogP contribution in [0.3, 0.4) is 0 Å². The monoisotopic (exact) mass is 376 g/mol. The average molecular weight is 376 g/mol. The Kier molecular flexibility index (Phi) is 5.45. The van der Waals surface area contributed by atoms with Gasteiger partial charge in [0.05, 0.1) is 12.7 Å². The Morgan fingerprint density at radius 3 is 2.46 bits per heavy atom. The maximum absolute atomic E-state index is 12.3. The zero-order chi connectivity index (χ0) is 20.3. The first-order chi connectivity index (χ1) is 13.6. The Labute approximate surface area is 162 Å². The van der Waals surface area contributed by atoms with Gasteiger partial charge < -0.3 is 14.3 Å². The van der Waals surface area contributed by atoms with Gasteiger partial charge in [-0.05, 0) is 35.9 Å². The molecule has 0 spiro atoms. The van der Waals surface area contributed by atoms with Gasteiger partial charge in [0, 0.05) is 28.6 Å². The quantitative estimate of drug-likeness (QED) is 0.390. The Bertz CT molecular complexity index is 1170. The number of fused-ring (bicyclic) bond motifs is 2. The Morgan fingerprint density at radius 2 is 1.71 bits per heavy atom. The Balaban J connectivity index is 0.00000109. The van der Waals surface area contributed by atoms with Crippen LogP contribution in [0.15, 0.2) is 69.9 Å². The van der Waals surface area contributed by atoms with Gasteiger partial charge in [-0.2, -0.15) is 0 Å². The molecule has 0 fully saturated rings. The molecular weight excluding hydrogens is 356 g/mol. The van der Waals surface area contributed by atoms with E-state index in [4.69, 9.17) is 9.15 Å². The summed E-state index contributed by atoms with van der Waals surface area (Å²) in [5, 5.41) is 10.5. The molecule has 0 unspecified atom stereocenters. The third-order valence-electron chi connectivity index (χ3n) is 4.28. The van der Waals surface area contributed by atoms with Crippen LogP contribution in [-0.2, 0) is 4.74 Å². The SMILES string of the molecule is CC.COC(=O)c1ccccc1-c1c2ccc(=O)cc-2oc2cc(O)ccc12. The number of carbonyl (C=O) groups excluding carboxylic acids is 1. The van der Waals surface area contributed by atoms with Crippen LogP contribution < -0.4 is 5.43 Å². The van der Waals surface area contributed by atoms with E-state index in [1.54, 1.807) is 30.3 Å². The second-order valence-corrected chi connectivity index (χ2v) is 5.85. The standard InChI is InChI=1S/C21H14O5.C2H6/c1-25-21(24)15-5-3-2-4-14(15)20-16-8-6-12(22)10-18(16)26-19-11-13(23)7-9-17(19)20;1-2/h2-11,22H,1H3;1-2H3. The van der Waals surface area contributed by atoms with E-state index in [-0.39, 0.29) is 11.2 Å². The second-order valence-electron chi connectivity index (χ2n) is 5.85. The molecule has 1 N–H and O–H groups in total. The van der Waals surface area contributed by atoms with Crippen molar-refractivity contribution < 1.29 is 19.1 Å². The third kappa shape index (κ3) is 3.34. The van der Waals surface area contributed by atoms with E-state index >= 15 is 0 Å². The van der Waals surface area contributed by atoms with E-state index in [9.17, 15) is 14.7 Å². The first-order valence-corrected chi connectivity index (χ1v) is 8.96. The fourth-order valence-corrected chi connectivity index (χ4v) is 3.14. The molecule has 0 aromatic heterocycles. The molecule has 2 aromatic rings. The highest BCUT2D eigenvalue weighted by atomic mass is 16.5. The van der Waals surface area contributed by atoms with Crippen LogP contribution >= 0.6 is 0 Å². The number of methoxy groups -OCH3 is 1. The first-order valence-electron chi connectivity index (χ1n) is 8.96. The summed E-state index contributed by atoms with van der Waals surface area (Å²) in [5.74, 6) is -0.0294.